The molecule has 0 aliphatic rings. The van der Waals surface area contributed by atoms with E-state index in [1.165, 1.54) is 18.5 Å². The summed E-state index contributed by atoms with van der Waals surface area (Å²) in [6.07, 6.45) is 2.87. The molecule has 0 fully saturated rings. The smallest absolute Gasteiger partial charge is 0.257 e. The van der Waals surface area contributed by atoms with Crippen molar-refractivity contribution in [1.82, 2.24) is 30.2 Å². The molecule has 37 heavy (non-hydrogen) atoms. The number of nitrogens with two attached hydrogens (primary N) is 1. The van der Waals surface area contributed by atoms with Gasteiger partial charge in [-0.15, -0.1) is 0 Å². The topological polar surface area (TPSA) is 137 Å². The van der Waals surface area contributed by atoms with Crippen molar-refractivity contribution in [2.24, 2.45) is 0 Å². The summed E-state index contributed by atoms with van der Waals surface area (Å²) in [5, 5.41) is 14.0. The van der Waals surface area contributed by atoms with E-state index >= 15 is 0 Å². The van der Waals surface area contributed by atoms with Gasteiger partial charge in [-0.1, -0.05) is 41.6 Å². The number of thiocarbonyl (C=S) groups is 1. The van der Waals surface area contributed by atoms with E-state index in [1.807, 2.05) is 6.07 Å². The number of carbonyl (C=O) groups excluding carboxylic acids is 1. The molecule has 0 atom stereocenters. The van der Waals surface area contributed by atoms with Gasteiger partial charge in [0, 0.05) is 17.2 Å². The van der Waals surface area contributed by atoms with Gasteiger partial charge in [0.1, 0.15) is 29.2 Å². The van der Waals surface area contributed by atoms with Gasteiger partial charge in [-0.3, -0.25) is 14.8 Å². The maximum absolute atomic E-state index is 14.3. The molecule has 3 heterocycles. The Bertz CT molecular complexity index is 1570. The summed E-state index contributed by atoms with van der Waals surface area (Å²) >= 11 is 5.22. The lowest BCUT2D eigenvalue weighted by atomic mass is 10.2. The Hall–Kier alpha value is -4.97. The Kier molecular flexibility index (Phi) is 6.64. The fourth-order valence-corrected chi connectivity index (χ4v) is 3.72. The third kappa shape index (κ3) is 5.33. The number of halogens is 1. The lowest BCUT2D eigenvalue weighted by Crippen LogP contribution is -2.34. The zero-order valence-corrected chi connectivity index (χ0v) is 19.9. The Morgan fingerprint density at radius 1 is 1.08 bits per heavy atom. The minimum absolute atomic E-state index is 0.0411. The summed E-state index contributed by atoms with van der Waals surface area (Å²) in [7, 11) is 0. The molecular formula is C25H19FN8O2S. The summed E-state index contributed by atoms with van der Waals surface area (Å²) in [5.41, 5.74) is 8.85. The first-order chi connectivity index (χ1) is 18.0. The van der Waals surface area contributed by atoms with E-state index in [0.717, 1.165) is 0 Å². The average Bonchev–Trinajstić information content (AvgIpc) is 3.57. The third-order valence-corrected chi connectivity index (χ3v) is 5.52. The molecule has 5 aromatic rings. The highest BCUT2D eigenvalue weighted by molar-refractivity contribution is 7.80. The number of aromatic nitrogens is 5. The predicted octanol–water partition coefficient (Wildman–Crippen LogP) is 3.89. The molecule has 0 spiro atoms. The van der Waals surface area contributed by atoms with Gasteiger partial charge in [0.25, 0.3) is 5.91 Å². The molecule has 5 rings (SSSR count). The monoisotopic (exact) mass is 514 g/mol. The Labute approximate surface area is 215 Å². The second-order valence-corrected chi connectivity index (χ2v) is 8.22. The minimum atomic E-state index is -0.366. The number of rotatable bonds is 6. The maximum atomic E-state index is 14.3. The largest absolute Gasteiger partial charge is 0.382 e. The number of nitrogen functional groups attached to an aromatic ring is 1. The average molecular weight is 515 g/mol. The lowest BCUT2D eigenvalue weighted by molar-refractivity contribution is 0.0977. The third-order valence-electron chi connectivity index (χ3n) is 5.32. The first kappa shape index (κ1) is 23.8. The summed E-state index contributed by atoms with van der Waals surface area (Å²) < 4.78 is 20.9. The molecular weight excluding hydrogens is 495 g/mol. The van der Waals surface area contributed by atoms with E-state index in [-0.39, 0.29) is 35.0 Å². The van der Waals surface area contributed by atoms with Gasteiger partial charge in [-0.25, -0.2) is 14.4 Å². The van der Waals surface area contributed by atoms with Crippen LogP contribution < -0.4 is 16.4 Å². The standard InChI is InChI=1S/C25H19FN8O2S/c26-17-9-5-4-8-16(17)14-34-21(18-10-11-36-33-18)12-19(32-34)23-28-13-20(22(27)30-23)29-25(37)31-24(35)15-6-2-1-3-7-15/h1-13H,14H2,(H2,27,28,30)(H2,29,31,35,37). The van der Waals surface area contributed by atoms with Crippen LogP contribution in [0.15, 0.2) is 83.7 Å². The normalized spacial score (nSPS) is 10.7. The molecule has 0 unspecified atom stereocenters. The van der Waals surface area contributed by atoms with E-state index in [1.54, 1.807) is 59.3 Å². The van der Waals surface area contributed by atoms with Crippen LogP contribution in [0.3, 0.4) is 0 Å². The SMILES string of the molecule is Nc1nc(-c2cc(-c3ccon3)n(Cc3ccccc3F)n2)ncc1NC(=S)NC(=O)c1ccccc1. The van der Waals surface area contributed by atoms with Crippen molar-refractivity contribution in [2.75, 3.05) is 11.1 Å². The molecule has 0 saturated heterocycles. The summed E-state index contributed by atoms with van der Waals surface area (Å²) in [6, 6.07) is 18.5. The number of carbonyl (C=O) groups is 1. The fourth-order valence-electron chi connectivity index (χ4n) is 3.52. The van der Waals surface area contributed by atoms with E-state index in [4.69, 9.17) is 22.5 Å². The quantitative estimate of drug-likeness (QED) is 0.288. The van der Waals surface area contributed by atoms with Crippen LogP contribution in [0.1, 0.15) is 15.9 Å². The first-order valence-electron chi connectivity index (χ1n) is 11.0. The number of anilines is 2. The summed E-state index contributed by atoms with van der Waals surface area (Å²) in [6.45, 7) is 0.152. The fraction of sp³-hybridized carbons (Fsp3) is 0.0400. The van der Waals surface area contributed by atoms with Crippen LogP contribution in [-0.4, -0.2) is 35.9 Å². The highest BCUT2D eigenvalue weighted by atomic mass is 32.1. The van der Waals surface area contributed by atoms with Crippen molar-refractivity contribution < 1.29 is 13.7 Å². The molecule has 0 bridgehead atoms. The van der Waals surface area contributed by atoms with Crippen molar-refractivity contribution in [3.05, 3.63) is 96.1 Å². The molecule has 0 radical (unpaired) electrons. The zero-order chi connectivity index (χ0) is 25.8. The maximum Gasteiger partial charge on any atom is 0.257 e. The molecule has 2 aromatic carbocycles. The van der Waals surface area contributed by atoms with Gasteiger partial charge in [-0.2, -0.15) is 5.10 Å². The molecule has 0 saturated carbocycles. The minimum Gasteiger partial charge on any atom is -0.382 e. The van der Waals surface area contributed by atoms with Crippen LogP contribution in [-0.2, 0) is 6.54 Å². The second kappa shape index (κ2) is 10.3. The molecule has 184 valence electrons. The lowest BCUT2D eigenvalue weighted by Gasteiger charge is -2.11. The molecule has 3 aromatic heterocycles. The molecule has 10 nitrogen and oxygen atoms in total. The van der Waals surface area contributed by atoms with E-state index < -0.39 is 0 Å². The van der Waals surface area contributed by atoms with E-state index in [0.29, 0.717) is 33.9 Å². The summed E-state index contributed by atoms with van der Waals surface area (Å²) in [5.74, 6) is -0.390. The van der Waals surface area contributed by atoms with Gasteiger partial charge in [0.05, 0.1) is 18.4 Å². The van der Waals surface area contributed by atoms with Crippen LogP contribution in [0.25, 0.3) is 22.9 Å². The Morgan fingerprint density at radius 2 is 1.86 bits per heavy atom. The summed E-state index contributed by atoms with van der Waals surface area (Å²) in [4.78, 5) is 21.0. The van der Waals surface area contributed by atoms with Crippen molar-refractivity contribution in [3.8, 4) is 22.9 Å². The zero-order valence-electron chi connectivity index (χ0n) is 19.1. The predicted molar refractivity (Wildman–Crippen MR) is 139 cm³/mol. The molecule has 0 aliphatic heterocycles. The van der Waals surface area contributed by atoms with Gasteiger partial charge in [-0.05, 0) is 36.5 Å². The van der Waals surface area contributed by atoms with Crippen LogP contribution >= 0.6 is 12.2 Å². The molecule has 12 heteroatoms. The Balaban J connectivity index is 1.37. The number of nitrogens with zero attached hydrogens (tertiary/aromatic N) is 5. The number of amides is 1. The molecule has 1 amide bonds. The highest BCUT2D eigenvalue weighted by Gasteiger charge is 2.18. The number of benzene rings is 2. The van der Waals surface area contributed by atoms with Crippen LogP contribution in [0.5, 0.6) is 0 Å². The van der Waals surface area contributed by atoms with Gasteiger partial charge >= 0.3 is 0 Å². The van der Waals surface area contributed by atoms with Crippen LogP contribution in [0, 0.1) is 5.82 Å². The van der Waals surface area contributed by atoms with Crippen LogP contribution in [0.2, 0.25) is 0 Å². The van der Waals surface area contributed by atoms with E-state index in [2.05, 4.69) is 30.9 Å². The first-order valence-corrected chi connectivity index (χ1v) is 11.4. The van der Waals surface area contributed by atoms with Crippen molar-refractivity contribution in [2.45, 2.75) is 6.54 Å². The van der Waals surface area contributed by atoms with E-state index in [9.17, 15) is 9.18 Å². The molecule has 4 N–H and O–H groups in total. The van der Waals surface area contributed by atoms with Crippen molar-refractivity contribution in [3.63, 3.8) is 0 Å². The van der Waals surface area contributed by atoms with Gasteiger partial charge in [0.15, 0.2) is 16.8 Å². The van der Waals surface area contributed by atoms with Gasteiger partial charge in [0.2, 0.25) is 0 Å². The number of hydrogen-bond donors (Lipinski definition) is 3. The number of hydrogen-bond acceptors (Lipinski definition) is 8. The van der Waals surface area contributed by atoms with Crippen molar-refractivity contribution >= 4 is 34.7 Å². The van der Waals surface area contributed by atoms with Gasteiger partial charge < -0.3 is 15.6 Å². The van der Waals surface area contributed by atoms with Crippen molar-refractivity contribution in [1.29, 1.82) is 0 Å². The highest BCUT2D eigenvalue weighted by Crippen LogP contribution is 2.26. The Morgan fingerprint density at radius 3 is 2.59 bits per heavy atom. The number of nitrogens with one attached hydrogen (secondary N) is 2. The van der Waals surface area contributed by atoms with Crippen LogP contribution in [0.4, 0.5) is 15.9 Å². The second-order valence-electron chi connectivity index (χ2n) is 7.82. The molecule has 0 aliphatic carbocycles.